The number of aromatic nitrogens is 1. The van der Waals surface area contributed by atoms with E-state index in [1.165, 1.54) is 22.5 Å². The largest absolute Gasteiger partial charge is 0.360 e. The first kappa shape index (κ1) is 20.5. The van der Waals surface area contributed by atoms with Crippen LogP contribution in [0.5, 0.6) is 0 Å². The number of non-ortho nitro benzene ring substituents is 1. The minimum absolute atomic E-state index is 0.114. The molecule has 1 aromatic heterocycles. The summed E-state index contributed by atoms with van der Waals surface area (Å²) < 4.78 is 27.8. The maximum atomic E-state index is 13.0. The topological polar surface area (TPSA) is 117 Å². The van der Waals surface area contributed by atoms with E-state index in [4.69, 9.17) is 0 Å². The molecule has 4 rings (SSSR count). The van der Waals surface area contributed by atoms with Crippen molar-refractivity contribution in [3.63, 3.8) is 0 Å². The quantitative estimate of drug-likeness (QED) is 0.443. The van der Waals surface area contributed by atoms with E-state index >= 15 is 0 Å². The third-order valence-electron chi connectivity index (χ3n) is 5.07. The number of halogens is 1. The Morgan fingerprint density at radius 3 is 2.53 bits per heavy atom. The SMILES string of the molecule is O=C(c1c[nH]c2ccc(Br)cc12)N1CCN(S(=O)(=O)c2cccc([N+](=O)[O-])c2)CC1. The smallest absolute Gasteiger partial charge is 0.270 e. The zero-order valence-corrected chi connectivity index (χ0v) is 18.0. The first-order valence-corrected chi connectivity index (χ1v) is 11.3. The predicted octanol–water partition coefficient (Wildman–Crippen LogP) is 2.99. The third kappa shape index (κ3) is 3.71. The summed E-state index contributed by atoms with van der Waals surface area (Å²) in [6.07, 6.45) is 1.66. The van der Waals surface area contributed by atoms with Gasteiger partial charge in [-0.3, -0.25) is 14.9 Å². The van der Waals surface area contributed by atoms with Gasteiger partial charge >= 0.3 is 0 Å². The van der Waals surface area contributed by atoms with Crippen LogP contribution in [0, 0.1) is 10.1 Å². The van der Waals surface area contributed by atoms with Gasteiger partial charge in [-0.05, 0) is 24.3 Å². The highest BCUT2D eigenvalue weighted by Crippen LogP contribution is 2.25. The summed E-state index contributed by atoms with van der Waals surface area (Å²) in [7, 11) is -3.88. The number of carbonyl (C=O) groups is 1. The molecule has 0 bridgehead atoms. The van der Waals surface area contributed by atoms with Gasteiger partial charge in [0.1, 0.15) is 0 Å². The highest BCUT2D eigenvalue weighted by atomic mass is 79.9. The van der Waals surface area contributed by atoms with Gasteiger partial charge in [0.2, 0.25) is 10.0 Å². The van der Waals surface area contributed by atoms with Crippen molar-refractivity contribution >= 4 is 48.5 Å². The van der Waals surface area contributed by atoms with Crippen molar-refractivity contribution in [2.24, 2.45) is 0 Å². The molecule has 11 heteroatoms. The highest BCUT2D eigenvalue weighted by molar-refractivity contribution is 9.10. The van der Waals surface area contributed by atoms with Gasteiger partial charge in [0.15, 0.2) is 0 Å². The van der Waals surface area contributed by atoms with Crippen molar-refractivity contribution in [1.82, 2.24) is 14.2 Å². The molecular weight excluding hydrogens is 476 g/mol. The van der Waals surface area contributed by atoms with E-state index in [2.05, 4.69) is 20.9 Å². The Kier molecular flexibility index (Phi) is 5.35. The molecule has 0 atom stereocenters. The van der Waals surface area contributed by atoms with Gasteiger partial charge < -0.3 is 9.88 Å². The third-order valence-corrected chi connectivity index (χ3v) is 7.45. The average Bonchev–Trinajstić information content (AvgIpc) is 3.16. The van der Waals surface area contributed by atoms with E-state index in [1.54, 1.807) is 11.1 Å². The molecule has 0 unspecified atom stereocenters. The van der Waals surface area contributed by atoms with Gasteiger partial charge in [-0.15, -0.1) is 0 Å². The van der Waals surface area contributed by atoms with Gasteiger partial charge in [0.25, 0.3) is 11.6 Å². The summed E-state index contributed by atoms with van der Waals surface area (Å²) in [5.74, 6) is -0.174. The van der Waals surface area contributed by atoms with Crippen molar-refractivity contribution in [3.8, 4) is 0 Å². The van der Waals surface area contributed by atoms with Gasteiger partial charge in [-0.1, -0.05) is 22.0 Å². The summed E-state index contributed by atoms with van der Waals surface area (Å²) >= 11 is 3.41. The van der Waals surface area contributed by atoms with Crippen LogP contribution in [0.15, 0.2) is 58.0 Å². The fraction of sp³-hybridized carbons (Fsp3) is 0.211. The Balaban J connectivity index is 1.50. The maximum Gasteiger partial charge on any atom is 0.270 e. The van der Waals surface area contributed by atoms with Crippen molar-refractivity contribution in [3.05, 3.63) is 68.8 Å². The molecular formula is C19H17BrN4O5S. The van der Waals surface area contributed by atoms with Crippen LogP contribution < -0.4 is 0 Å². The lowest BCUT2D eigenvalue weighted by molar-refractivity contribution is -0.385. The monoisotopic (exact) mass is 492 g/mol. The highest BCUT2D eigenvalue weighted by Gasteiger charge is 2.31. The predicted molar refractivity (Wildman–Crippen MR) is 114 cm³/mol. The number of hydrogen-bond acceptors (Lipinski definition) is 5. The number of H-pyrrole nitrogens is 1. The molecule has 1 amide bonds. The number of carbonyl (C=O) groups excluding carboxylic acids is 1. The van der Waals surface area contributed by atoms with Crippen LogP contribution in [-0.2, 0) is 10.0 Å². The second kappa shape index (κ2) is 7.82. The molecule has 2 heterocycles. The molecule has 3 aromatic rings. The molecule has 1 fully saturated rings. The zero-order valence-electron chi connectivity index (χ0n) is 15.6. The summed E-state index contributed by atoms with van der Waals surface area (Å²) in [4.78, 5) is 27.9. The van der Waals surface area contributed by atoms with E-state index in [9.17, 15) is 23.3 Å². The summed E-state index contributed by atoms with van der Waals surface area (Å²) in [6.45, 7) is 0.687. The molecule has 1 saturated heterocycles. The van der Waals surface area contributed by atoms with Crippen LogP contribution in [0.2, 0.25) is 0 Å². The van der Waals surface area contributed by atoms with Crippen LogP contribution in [0.3, 0.4) is 0 Å². The van der Waals surface area contributed by atoms with Gasteiger partial charge in [0.05, 0.1) is 15.4 Å². The molecule has 2 aromatic carbocycles. The molecule has 0 aliphatic carbocycles. The number of sulfonamides is 1. The van der Waals surface area contributed by atoms with Gasteiger partial charge in [-0.2, -0.15) is 4.31 Å². The second-order valence-electron chi connectivity index (χ2n) is 6.84. The summed E-state index contributed by atoms with van der Waals surface area (Å²) in [6, 6.07) is 10.6. The van der Waals surface area contributed by atoms with Crippen LogP contribution in [-0.4, -0.2) is 59.6 Å². The van der Waals surface area contributed by atoms with Gasteiger partial charge in [0, 0.05) is 59.9 Å². The van der Waals surface area contributed by atoms with E-state index in [1.807, 2.05) is 18.2 Å². The Morgan fingerprint density at radius 1 is 1.10 bits per heavy atom. The first-order chi connectivity index (χ1) is 14.3. The normalized spacial score (nSPS) is 15.4. The molecule has 0 radical (unpaired) electrons. The number of hydrogen-bond donors (Lipinski definition) is 1. The van der Waals surface area contributed by atoms with E-state index in [0.717, 1.165) is 21.4 Å². The molecule has 156 valence electrons. The summed E-state index contributed by atoms with van der Waals surface area (Å²) in [5, 5.41) is 11.7. The molecule has 9 nitrogen and oxygen atoms in total. The Morgan fingerprint density at radius 2 is 1.83 bits per heavy atom. The number of nitrogens with zero attached hydrogens (tertiary/aromatic N) is 3. The lowest BCUT2D eigenvalue weighted by Crippen LogP contribution is -2.50. The van der Waals surface area contributed by atoms with E-state index < -0.39 is 14.9 Å². The Bertz CT molecular complexity index is 1250. The van der Waals surface area contributed by atoms with E-state index in [-0.39, 0.29) is 42.7 Å². The van der Waals surface area contributed by atoms with Crippen LogP contribution >= 0.6 is 15.9 Å². The standard InChI is InChI=1S/C19H17BrN4O5S/c20-13-4-5-18-16(10-13)17(12-21-18)19(25)22-6-8-23(9-7-22)30(28,29)15-3-1-2-14(11-15)24(26)27/h1-5,10-12,21H,6-9H2. The van der Waals surface area contributed by atoms with Crippen LogP contribution in [0.4, 0.5) is 5.69 Å². The van der Waals surface area contributed by atoms with Crippen molar-refractivity contribution in [2.45, 2.75) is 4.90 Å². The minimum atomic E-state index is -3.88. The maximum absolute atomic E-state index is 13.0. The molecule has 0 saturated carbocycles. The number of piperazine rings is 1. The number of fused-ring (bicyclic) bond motifs is 1. The second-order valence-corrected chi connectivity index (χ2v) is 9.70. The number of aromatic amines is 1. The van der Waals surface area contributed by atoms with Crippen molar-refractivity contribution in [1.29, 1.82) is 0 Å². The first-order valence-electron chi connectivity index (χ1n) is 9.08. The fourth-order valence-corrected chi connectivity index (χ4v) is 5.30. The van der Waals surface area contributed by atoms with Gasteiger partial charge in [-0.25, -0.2) is 8.42 Å². The average molecular weight is 493 g/mol. The minimum Gasteiger partial charge on any atom is -0.360 e. The fourth-order valence-electron chi connectivity index (χ4n) is 3.48. The molecule has 1 aliphatic heterocycles. The molecule has 0 spiro atoms. The number of rotatable bonds is 4. The van der Waals surface area contributed by atoms with Crippen LogP contribution in [0.1, 0.15) is 10.4 Å². The number of amides is 1. The van der Waals surface area contributed by atoms with E-state index in [0.29, 0.717) is 5.56 Å². The molecule has 1 N–H and O–H groups in total. The van der Waals surface area contributed by atoms with Crippen LogP contribution in [0.25, 0.3) is 10.9 Å². The lowest BCUT2D eigenvalue weighted by Gasteiger charge is -2.34. The Hall–Kier alpha value is -2.76. The molecule has 1 aliphatic rings. The van der Waals surface area contributed by atoms with Crippen molar-refractivity contribution < 1.29 is 18.1 Å². The van der Waals surface area contributed by atoms with Crippen molar-refractivity contribution in [2.75, 3.05) is 26.2 Å². The lowest BCUT2D eigenvalue weighted by atomic mass is 10.1. The molecule has 30 heavy (non-hydrogen) atoms. The number of nitro benzene ring substituents is 1. The number of nitrogens with one attached hydrogen (secondary N) is 1. The zero-order chi connectivity index (χ0) is 21.5. The number of nitro groups is 1. The number of benzene rings is 2. The summed E-state index contributed by atoms with van der Waals surface area (Å²) in [5.41, 5.74) is 1.09. The Labute approximate surface area is 180 Å².